The molecule has 0 fully saturated rings. The summed E-state index contributed by atoms with van der Waals surface area (Å²) in [5.41, 5.74) is 0. The van der Waals surface area contributed by atoms with Crippen LogP contribution in [0.1, 0.15) is 0 Å². The second kappa shape index (κ2) is 3.58. The molecule has 0 saturated heterocycles. The molecule has 2 rings (SSSR count). The topological polar surface area (TPSA) is 15.6 Å². The highest BCUT2D eigenvalue weighted by Crippen LogP contribution is 2.07. The molecule has 0 N–H and O–H groups in total. The zero-order valence-electron chi connectivity index (χ0n) is 7.80. The average Bonchev–Trinajstić information content (AvgIpc) is 2.34. The Balaban J connectivity index is 2.80. The van der Waals surface area contributed by atoms with Crippen LogP contribution in [0, 0.1) is 5.82 Å². The Morgan fingerprint density at radius 3 is 3.07 bits per heavy atom. The first-order chi connectivity index (χ1) is 6.68. The number of rotatable bonds is 0. The molecule has 0 amide bonds. The fourth-order valence-electron chi connectivity index (χ4n) is 1.43. The summed E-state index contributed by atoms with van der Waals surface area (Å²) in [7, 11) is 1.89. The molecule has 1 heterocycles. The number of benzene rings is 1. The quantitative estimate of drug-likeness (QED) is 0.621. The normalized spacial score (nSPS) is 15.2. The zero-order valence-corrected chi connectivity index (χ0v) is 8.55. The number of halogens is 2. The highest BCUT2D eigenvalue weighted by atomic mass is 35.5. The molecule has 0 atom stereocenters. The van der Waals surface area contributed by atoms with Crippen LogP contribution in [-0.4, -0.2) is 25.0 Å². The number of nitrogens with zero attached hydrogens (tertiary/aromatic N) is 2. The van der Waals surface area contributed by atoms with E-state index in [2.05, 4.69) is 4.99 Å². The van der Waals surface area contributed by atoms with Gasteiger partial charge in [0.05, 0.1) is 22.1 Å². The highest BCUT2D eigenvalue weighted by Gasteiger charge is 2.05. The van der Waals surface area contributed by atoms with E-state index in [0.717, 1.165) is 6.54 Å². The standard InChI is InChI=1S/C10H10ClFN2/c1-14-5-4-13-9-3-2-8(11)10(12)7(9)6-14/h2-3,6H,4-5H2,1H3. The van der Waals surface area contributed by atoms with Gasteiger partial charge in [0, 0.05) is 19.8 Å². The molecule has 0 saturated carbocycles. The van der Waals surface area contributed by atoms with E-state index in [1.54, 1.807) is 18.3 Å². The van der Waals surface area contributed by atoms with Crippen LogP contribution in [0.15, 0.2) is 17.1 Å². The van der Waals surface area contributed by atoms with Gasteiger partial charge in [-0.2, -0.15) is 0 Å². The van der Waals surface area contributed by atoms with E-state index in [4.69, 9.17) is 11.6 Å². The van der Waals surface area contributed by atoms with Crippen molar-refractivity contribution in [3.8, 4) is 0 Å². The molecule has 0 unspecified atom stereocenters. The number of hydrogen-bond donors (Lipinski definition) is 0. The number of fused-ring (bicyclic) bond motifs is 1. The molecule has 14 heavy (non-hydrogen) atoms. The summed E-state index contributed by atoms with van der Waals surface area (Å²) in [4.78, 5) is 6.18. The summed E-state index contributed by atoms with van der Waals surface area (Å²) in [6.45, 7) is 1.48. The number of hydrogen-bond acceptors (Lipinski definition) is 2. The van der Waals surface area contributed by atoms with Gasteiger partial charge in [0.1, 0.15) is 0 Å². The predicted octanol–water partition coefficient (Wildman–Crippen LogP) is 0.782. The molecule has 1 aromatic carbocycles. The van der Waals surface area contributed by atoms with Crippen molar-refractivity contribution in [2.24, 2.45) is 4.99 Å². The zero-order chi connectivity index (χ0) is 10.1. The van der Waals surface area contributed by atoms with Crippen molar-refractivity contribution in [3.63, 3.8) is 0 Å². The van der Waals surface area contributed by atoms with E-state index in [9.17, 15) is 4.39 Å². The maximum Gasteiger partial charge on any atom is 0.152 e. The van der Waals surface area contributed by atoms with E-state index in [0.29, 0.717) is 17.1 Å². The number of likely N-dealkylation sites (N-methyl/N-ethyl adjacent to an activating group) is 1. The second-order valence-corrected chi connectivity index (χ2v) is 3.69. The minimum Gasteiger partial charge on any atom is -0.378 e. The monoisotopic (exact) mass is 212 g/mol. The highest BCUT2D eigenvalue weighted by molar-refractivity contribution is 6.30. The van der Waals surface area contributed by atoms with Gasteiger partial charge < -0.3 is 4.90 Å². The van der Waals surface area contributed by atoms with Crippen LogP contribution < -0.4 is 10.6 Å². The third-order valence-corrected chi connectivity index (χ3v) is 2.49. The summed E-state index contributed by atoms with van der Waals surface area (Å²) >= 11 is 5.69. The lowest BCUT2D eigenvalue weighted by Gasteiger charge is -2.09. The first kappa shape index (κ1) is 9.46. The summed E-state index contributed by atoms with van der Waals surface area (Å²) in [5, 5.41) is 1.30. The first-order valence-corrected chi connectivity index (χ1v) is 4.77. The Kier molecular flexibility index (Phi) is 2.42. The van der Waals surface area contributed by atoms with Crippen LogP contribution in [0.25, 0.3) is 6.20 Å². The molecule has 1 aliphatic rings. The molecule has 0 radical (unpaired) electrons. The summed E-state index contributed by atoms with van der Waals surface area (Å²) in [6.07, 6.45) is 1.74. The van der Waals surface area contributed by atoms with Crippen LogP contribution in [0.5, 0.6) is 0 Å². The van der Waals surface area contributed by atoms with Gasteiger partial charge in [-0.3, -0.25) is 4.99 Å². The Labute approximate surface area is 86.3 Å². The van der Waals surface area contributed by atoms with Gasteiger partial charge >= 0.3 is 0 Å². The minimum absolute atomic E-state index is 0.144. The van der Waals surface area contributed by atoms with E-state index in [1.165, 1.54) is 0 Å². The van der Waals surface area contributed by atoms with E-state index in [1.807, 2.05) is 11.9 Å². The van der Waals surface area contributed by atoms with Crippen LogP contribution in [0.3, 0.4) is 0 Å². The lowest BCUT2D eigenvalue weighted by Crippen LogP contribution is -2.29. The molecule has 0 aliphatic carbocycles. The smallest absolute Gasteiger partial charge is 0.152 e. The Morgan fingerprint density at radius 1 is 1.50 bits per heavy atom. The summed E-state index contributed by atoms with van der Waals surface area (Å²) in [6, 6.07) is 3.29. The SMILES string of the molecule is CN1C=c2c(F)c(Cl)ccc2=NCC1. The maximum atomic E-state index is 13.6. The third-order valence-electron chi connectivity index (χ3n) is 2.19. The lowest BCUT2D eigenvalue weighted by molar-refractivity contribution is 0.509. The molecule has 1 aliphatic heterocycles. The van der Waals surface area contributed by atoms with Crippen LogP contribution in [0.4, 0.5) is 4.39 Å². The van der Waals surface area contributed by atoms with Gasteiger partial charge in [-0.15, -0.1) is 0 Å². The third kappa shape index (κ3) is 1.60. The maximum absolute atomic E-state index is 13.6. The fourth-order valence-corrected chi connectivity index (χ4v) is 1.59. The van der Waals surface area contributed by atoms with Crippen LogP contribution >= 0.6 is 11.6 Å². The molecular weight excluding hydrogens is 203 g/mol. The summed E-state index contributed by atoms with van der Waals surface area (Å²) in [5.74, 6) is -0.387. The second-order valence-electron chi connectivity index (χ2n) is 3.29. The Hall–Kier alpha value is -1.09. The van der Waals surface area contributed by atoms with Crippen molar-refractivity contribution in [1.82, 2.24) is 4.90 Å². The van der Waals surface area contributed by atoms with Gasteiger partial charge in [0.15, 0.2) is 5.82 Å². The molecule has 4 heteroatoms. The largest absolute Gasteiger partial charge is 0.378 e. The van der Waals surface area contributed by atoms with Crippen molar-refractivity contribution < 1.29 is 4.39 Å². The van der Waals surface area contributed by atoms with Gasteiger partial charge in [0.2, 0.25) is 0 Å². The summed E-state index contributed by atoms with van der Waals surface area (Å²) < 4.78 is 13.6. The lowest BCUT2D eigenvalue weighted by atomic mass is 10.3. The van der Waals surface area contributed by atoms with Crippen molar-refractivity contribution in [2.45, 2.75) is 0 Å². The van der Waals surface area contributed by atoms with Gasteiger partial charge in [-0.25, -0.2) is 4.39 Å². The van der Waals surface area contributed by atoms with Gasteiger partial charge in [0.25, 0.3) is 0 Å². The van der Waals surface area contributed by atoms with E-state index < -0.39 is 0 Å². The van der Waals surface area contributed by atoms with Crippen molar-refractivity contribution in [3.05, 3.63) is 33.5 Å². The van der Waals surface area contributed by atoms with Crippen LogP contribution in [-0.2, 0) is 0 Å². The molecule has 74 valence electrons. The van der Waals surface area contributed by atoms with E-state index >= 15 is 0 Å². The minimum atomic E-state index is -0.387. The van der Waals surface area contributed by atoms with Crippen molar-refractivity contribution in [1.29, 1.82) is 0 Å². The predicted molar refractivity (Wildman–Crippen MR) is 54.2 cm³/mol. The molecule has 0 aromatic heterocycles. The van der Waals surface area contributed by atoms with Gasteiger partial charge in [-0.1, -0.05) is 11.6 Å². The Morgan fingerprint density at radius 2 is 2.29 bits per heavy atom. The molecular formula is C10H10ClFN2. The molecule has 0 spiro atoms. The average molecular weight is 213 g/mol. The Bertz CT molecular complexity index is 470. The van der Waals surface area contributed by atoms with Gasteiger partial charge in [-0.05, 0) is 12.1 Å². The molecule has 1 aromatic rings. The first-order valence-electron chi connectivity index (χ1n) is 4.39. The molecule has 2 nitrogen and oxygen atoms in total. The van der Waals surface area contributed by atoms with Crippen molar-refractivity contribution in [2.75, 3.05) is 20.1 Å². The fraction of sp³-hybridized carbons (Fsp3) is 0.300. The van der Waals surface area contributed by atoms with Crippen molar-refractivity contribution >= 4 is 17.8 Å². The van der Waals surface area contributed by atoms with E-state index in [-0.39, 0.29) is 10.8 Å². The molecule has 0 bridgehead atoms. The van der Waals surface area contributed by atoms with Crippen LogP contribution in [0.2, 0.25) is 5.02 Å².